The van der Waals surface area contributed by atoms with Crippen LogP contribution in [0.15, 0.2) is 23.4 Å². The molecule has 0 aliphatic carbocycles. The SMILES string of the molecule is NCCC/C(=N\O)c1ccc2c(c1)OCCCO2. The van der Waals surface area contributed by atoms with E-state index in [2.05, 4.69) is 5.16 Å². The van der Waals surface area contributed by atoms with Crippen molar-refractivity contribution in [3.63, 3.8) is 0 Å². The van der Waals surface area contributed by atoms with E-state index in [4.69, 9.17) is 20.4 Å². The number of ether oxygens (including phenoxy) is 2. The summed E-state index contributed by atoms with van der Waals surface area (Å²) in [6.45, 7) is 1.88. The smallest absolute Gasteiger partial charge is 0.161 e. The monoisotopic (exact) mass is 250 g/mol. The minimum Gasteiger partial charge on any atom is -0.490 e. The maximum atomic E-state index is 9.04. The van der Waals surface area contributed by atoms with Crippen LogP contribution >= 0.6 is 0 Å². The quantitative estimate of drug-likeness (QED) is 0.485. The molecular formula is C13H18N2O3. The zero-order valence-electron chi connectivity index (χ0n) is 10.3. The van der Waals surface area contributed by atoms with E-state index in [0.29, 0.717) is 37.6 Å². The van der Waals surface area contributed by atoms with Gasteiger partial charge in [0.1, 0.15) is 0 Å². The average molecular weight is 250 g/mol. The molecular weight excluding hydrogens is 232 g/mol. The number of hydrogen-bond donors (Lipinski definition) is 2. The predicted octanol–water partition coefficient (Wildman–Crippen LogP) is 1.77. The number of nitrogens with two attached hydrogens (primary N) is 1. The zero-order valence-corrected chi connectivity index (χ0v) is 10.3. The first kappa shape index (κ1) is 12.7. The average Bonchev–Trinajstić information content (AvgIpc) is 2.64. The molecule has 0 fully saturated rings. The lowest BCUT2D eigenvalue weighted by molar-refractivity contribution is 0.297. The highest BCUT2D eigenvalue weighted by Gasteiger charge is 2.13. The van der Waals surface area contributed by atoms with Gasteiger partial charge in [-0.2, -0.15) is 0 Å². The third-order valence-electron chi connectivity index (χ3n) is 2.82. The van der Waals surface area contributed by atoms with Crippen LogP contribution in [0, 0.1) is 0 Å². The summed E-state index contributed by atoms with van der Waals surface area (Å²) in [5, 5.41) is 12.4. The Labute approximate surface area is 106 Å². The number of benzene rings is 1. The highest BCUT2D eigenvalue weighted by molar-refractivity contribution is 6.00. The topological polar surface area (TPSA) is 77.1 Å². The van der Waals surface area contributed by atoms with Crippen LogP contribution in [-0.2, 0) is 0 Å². The first-order valence-corrected chi connectivity index (χ1v) is 6.16. The van der Waals surface area contributed by atoms with E-state index in [0.717, 1.165) is 24.2 Å². The molecule has 18 heavy (non-hydrogen) atoms. The highest BCUT2D eigenvalue weighted by Crippen LogP contribution is 2.30. The number of nitrogens with zero attached hydrogens (tertiary/aromatic N) is 1. The first-order chi connectivity index (χ1) is 8.85. The Bertz CT molecular complexity index is 432. The maximum absolute atomic E-state index is 9.04. The molecule has 0 saturated heterocycles. The summed E-state index contributed by atoms with van der Waals surface area (Å²) in [5.41, 5.74) is 6.92. The summed E-state index contributed by atoms with van der Waals surface area (Å²) in [6, 6.07) is 5.58. The van der Waals surface area contributed by atoms with Crippen LogP contribution in [0.1, 0.15) is 24.8 Å². The Balaban J connectivity index is 2.21. The van der Waals surface area contributed by atoms with Gasteiger partial charge in [0.15, 0.2) is 11.5 Å². The molecule has 0 bridgehead atoms. The number of hydrogen-bond acceptors (Lipinski definition) is 5. The first-order valence-electron chi connectivity index (χ1n) is 6.16. The molecule has 98 valence electrons. The summed E-state index contributed by atoms with van der Waals surface area (Å²) in [7, 11) is 0. The maximum Gasteiger partial charge on any atom is 0.161 e. The minimum atomic E-state index is 0.573. The van der Waals surface area contributed by atoms with Crippen molar-refractivity contribution in [1.29, 1.82) is 0 Å². The van der Waals surface area contributed by atoms with Gasteiger partial charge < -0.3 is 20.4 Å². The van der Waals surface area contributed by atoms with Crippen molar-refractivity contribution in [3.8, 4) is 11.5 Å². The Morgan fingerprint density at radius 3 is 2.78 bits per heavy atom. The van der Waals surface area contributed by atoms with Crippen LogP contribution in [0.25, 0.3) is 0 Å². The lowest BCUT2D eigenvalue weighted by Gasteiger charge is -2.10. The molecule has 3 N–H and O–H groups in total. The van der Waals surface area contributed by atoms with Gasteiger partial charge in [-0.1, -0.05) is 5.16 Å². The van der Waals surface area contributed by atoms with E-state index in [-0.39, 0.29) is 0 Å². The van der Waals surface area contributed by atoms with Crippen LogP contribution in [-0.4, -0.2) is 30.7 Å². The van der Waals surface area contributed by atoms with Crippen molar-refractivity contribution < 1.29 is 14.7 Å². The summed E-state index contributed by atoms with van der Waals surface area (Å²) < 4.78 is 11.2. The molecule has 0 aromatic heterocycles. The van der Waals surface area contributed by atoms with E-state index in [9.17, 15) is 0 Å². The summed E-state index contributed by atoms with van der Waals surface area (Å²) in [5.74, 6) is 1.45. The molecule has 0 radical (unpaired) electrons. The van der Waals surface area contributed by atoms with E-state index in [1.807, 2.05) is 18.2 Å². The standard InChI is InChI=1S/C13H18N2O3/c14-6-1-3-11(15-16)10-4-5-12-13(9-10)18-8-2-7-17-12/h4-5,9,16H,1-3,6-8,14H2/b15-11+. The van der Waals surface area contributed by atoms with Crippen molar-refractivity contribution in [2.75, 3.05) is 19.8 Å². The van der Waals surface area contributed by atoms with Gasteiger partial charge in [0.05, 0.1) is 18.9 Å². The number of rotatable bonds is 4. The third kappa shape index (κ3) is 2.92. The van der Waals surface area contributed by atoms with Crippen molar-refractivity contribution in [3.05, 3.63) is 23.8 Å². The molecule has 1 aliphatic rings. The van der Waals surface area contributed by atoms with Gasteiger partial charge in [0.2, 0.25) is 0 Å². The molecule has 1 aromatic rings. The Kier molecular flexibility index (Phi) is 4.41. The van der Waals surface area contributed by atoms with Crippen molar-refractivity contribution in [2.45, 2.75) is 19.3 Å². The van der Waals surface area contributed by atoms with Gasteiger partial charge in [-0.05, 0) is 37.6 Å². The van der Waals surface area contributed by atoms with Gasteiger partial charge in [-0.25, -0.2) is 0 Å². The van der Waals surface area contributed by atoms with Crippen LogP contribution in [0.4, 0.5) is 0 Å². The fourth-order valence-electron chi connectivity index (χ4n) is 1.86. The normalized spacial score (nSPS) is 15.3. The van der Waals surface area contributed by atoms with E-state index >= 15 is 0 Å². The van der Waals surface area contributed by atoms with Gasteiger partial charge in [-0.3, -0.25) is 0 Å². The second-order valence-corrected chi connectivity index (χ2v) is 4.15. The van der Waals surface area contributed by atoms with E-state index < -0.39 is 0 Å². The summed E-state index contributed by atoms with van der Waals surface area (Å²) >= 11 is 0. The Morgan fingerprint density at radius 1 is 1.28 bits per heavy atom. The lowest BCUT2D eigenvalue weighted by atomic mass is 10.1. The van der Waals surface area contributed by atoms with E-state index in [1.54, 1.807) is 0 Å². The molecule has 0 amide bonds. The Morgan fingerprint density at radius 2 is 2.06 bits per heavy atom. The molecule has 1 aliphatic heterocycles. The van der Waals surface area contributed by atoms with Crippen LogP contribution in [0.3, 0.4) is 0 Å². The van der Waals surface area contributed by atoms with Crippen molar-refractivity contribution in [1.82, 2.24) is 0 Å². The highest BCUT2D eigenvalue weighted by atomic mass is 16.5. The van der Waals surface area contributed by atoms with Gasteiger partial charge in [0.25, 0.3) is 0 Å². The molecule has 1 heterocycles. The summed E-state index contributed by atoms with van der Waals surface area (Å²) in [6.07, 6.45) is 2.30. The van der Waals surface area contributed by atoms with Crippen molar-refractivity contribution >= 4 is 5.71 Å². The third-order valence-corrected chi connectivity index (χ3v) is 2.82. The molecule has 1 aromatic carbocycles. The number of fused-ring (bicyclic) bond motifs is 1. The largest absolute Gasteiger partial charge is 0.490 e. The minimum absolute atomic E-state index is 0.573. The fraction of sp³-hybridized carbons (Fsp3) is 0.462. The predicted molar refractivity (Wildman–Crippen MR) is 68.7 cm³/mol. The van der Waals surface area contributed by atoms with Crippen LogP contribution < -0.4 is 15.2 Å². The fourth-order valence-corrected chi connectivity index (χ4v) is 1.86. The van der Waals surface area contributed by atoms with Gasteiger partial charge in [0, 0.05) is 12.0 Å². The Hall–Kier alpha value is -1.75. The zero-order chi connectivity index (χ0) is 12.8. The second-order valence-electron chi connectivity index (χ2n) is 4.15. The molecule has 0 saturated carbocycles. The summed E-state index contributed by atoms with van der Waals surface area (Å²) in [4.78, 5) is 0. The van der Waals surface area contributed by atoms with E-state index in [1.165, 1.54) is 0 Å². The molecule has 5 nitrogen and oxygen atoms in total. The molecule has 2 rings (SSSR count). The van der Waals surface area contributed by atoms with Crippen LogP contribution in [0.5, 0.6) is 11.5 Å². The van der Waals surface area contributed by atoms with Crippen molar-refractivity contribution in [2.24, 2.45) is 10.9 Å². The number of oxime groups is 1. The van der Waals surface area contributed by atoms with Gasteiger partial charge >= 0.3 is 0 Å². The lowest BCUT2D eigenvalue weighted by Crippen LogP contribution is -2.06. The van der Waals surface area contributed by atoms with Crippen LogP contribution in [0.2, 0.25) is 0 Å². The molecule has 5 heteroatoms. The second kappa shape index (κ2) is 6.26. The van der Waals surface area contributed by atoms with Gasteiger partial charge in [-0.15, -0.1) is 0 Å². The molecule has 0 unspecified atom stereocenters. The molecule has 0 atom stereocenters. The molecule has 0 spiro atoms.